The summed E-state index contributed by atoms with van der Waals surface area (Å²) in [5.41, 5.74) is -1.17. The van der Waals surface area contributed by atoms with Crippen molar-refractivity contribution in [2.45, 2.75) is 98.1 Å². The fourth-order valence-corrected chi connectivity index (χ4v) is 3.58. The summed E-state index contributed by atoms with van der Waals surface area (Å²) in [6.45, 7) is 14.8. The summed E-state index contributed by atoms with van der Waals surface area (Å²) in [7, 11) is 0. The first-order valence-electron chi connectivity index (χ1n) is 12.1. The van der Waals surface area contributed by atoms with E-state index in [0.29, 0.717) is 17.5 Å². The molecule has 3 N–H and O–H groups in total. The van der Waals surface area contributed by atoms with E-state index in [0.717, 1.165) is 4.90 Å². The Kier molecular flexibility index (Phi) is 9.29. The maximum atomic E-state index is 13.0. The van der Waals surface area contributed by atoms with Gasteiger partial charge in [-0.1, -0.05) is 6.92 Å². The lowest BCUT2D eigenvalue weighted by molar-refractivity contribution is -0.127. The van der Waals surface area contributed by atoms with Gasteiger partial charge in [0.2, 0.25) is 0 Å². The standard InChI is InChI=1S/C22H32N4O6.C3H8O2/c1-13-10-14(11-27)30-18(13)25-9-8-15-16(25)23-12-24-17(15)26(19(28)31-21(2,3)4)20(29)32-22(5,6)7;1-3(2,4)5/h8-9,12-14,18,27H,10-11H2,1-7H3;4-5H,1-2H3. The smallest absolute Gasteiger partial charge is 0.425 e. The molecule has 0 spiro atoms. The molecule has 37 heavy (non-hydrogen) atoms. The van der Waals surface area contributed by atoms with Crippen LogP contribution in [-0.4, -0.2) is 71.7 Å². The first-order valence-corrected chi connectivity index (χ1v) is 12.1. The summed E-state index contributed by atoms with van der Waals surface area (Å²) in [4.78, 5) is 35.4. The van der Waals surface area contributed by atoms with Gasteiger partial charge < -0.3 is 34.1 Å². The van der Waals surface area contributed by atoms with Gasteiger partial charge >= 0.3 is 12.2 Å². The predicted octanol–water partition coefficient (Wildman–Crippen LogP) is 3.73. The van der Waals surface area contributed by atoms with Crippen molar-refractivity contribution in [3.8, 4) is 0 Å². The number of aliphatic hydroxyl groups is 3. The molecule has 208 valence electrons. The highest BCUT2D eigenvalue weighted by Gasteiger charge is 2.37. The summed E-state index contributed by atoms with van der Waals surface area (Å²) >= 11 is 0. The Labute approximate surface area is 217 Å². The third kappa shape index (κ3) is 8.92. The number of hydrogen-bond donors (Lipinski definition) is 3. The average Bonchev–Trinajstić information content (AvgIpc) is 3.27. The van der Waals surface area contributed by atoms with Gasteiger partial charge in [-0.2, -0.15) is 4.90 Å². The van der Waals surface area contributed by atoms with E-state index in [1.54, 1.807) is 53.8 Å². The highest BCUT2D eigenvalue weighted by Crippen LogP contribution is 2.37. The number of aliphatic hydroxyl groups excluding tert-OH is 1. The van der Waals surface area contributed by atoms with Crippen molar-refractivity contribution in [2.24, 2.45) is 5.92 Å². The van der Waals surface area contributed by atoms with E-state index in [-0.39, 0.29) is 30.7 Å². The largest absolute Gasteiger partial charge is 0.443 e. The number of fused-ring (bicyclic) bond motifs is 1. The Morgan fingerprint density at radius 2 is 1.57 bits per heavy atom. The normalized spacial score (nSPS) is 20.3. The number of hydrogen-bond acceptors (Lipinski definition) is 10. The molecule has 1 saturated heterocycles. The van der Waals surface area contributed by atoms with Crippen molar-refractivity contribution in [3.05, 3.63) is 18.6 Å². The molecule has 0 radical (unpaired) electrons. The Balaban J connectivity index is 0.000000877. The van der Waals surface area contributed by atoms with Crippen LogP contribution in [0.3, 0.4) is 0 Å². The third-order valence-corrected chi connectivity index (χ3v) is 4.78. The second-order valence-corrected chi connectivity index (χ2v) is 11.5. The molecule has 3 rings (SSSR count). The monoisotopic (exact) mass is 524 g/mol. The molecule has 2 aromatic heterocycles. The molecule has 0 aromatic carbocycles. The van der Waals surface area contributed by atoms with Crippen LogP contribution >= 0.6 is 0 Å². The van der Waals surface area contributed by atoms with E-state index in [9.17, 15) is 14.7 Å². The lowest BCUT2D eigenvalue weighted by Gasteiger charge is -2.28. The van der Waals surface area contributed by atoms with Crippen molar-refractivity contribution in [1.82, 2.24) is 14.5 Å². The van der Waals surface area contributed by atoms with Gasteiger partial charge in [0.15, 0.2) is 11.6 Å². The van der Waals surface area contributed by atoms with E-state index in [4.69, 9.17) is 24.4 Å². The molecule has 3 atom stereocenters. The number of amides is 2. The fraction of sp³-hybridized carbons (Fsp3) is 0.680. The van der Waals surface area contributed by atoms with Crippen LogP contribution in [0.5, 0.6) is 0 Å². The fourth-order valence-electron chi connectivity index (χ4n) is 3.58. The van der Waals surface area contributed by atoms with Gasteiger partial charge in [0, 0.05) is 12.1 Å². The summed E-state index contributed by atoms with van der Waals surface area (Å²) < 4.78 is 18.7. The van der Waals surface area contributed by atoms with Gasteiger partial charge in [-0.05, 0) is 67.9 Å². The van der Waals surface area contributed by atoms with E-state index >= 15 is 0 Å². The molecular formula is C25H40N4O8. The molecule has 3 unspecified atom stereocenters. The van der Waals surface area contributed by atoms with Crippen LogP contribution in [0.15, 0.2) is 18.6 Å². The molecule has 12 nitrogen and oxygen atoms in total. The van der Waals surface area contributed by atoms with E-state index < -0.39 is 29.2 Å². The zero-order chi connectivity index (χ0) is 28.3. The van der Waals surface area contributed by atoms with Crippen molar-refractivity contribution in [2.75, 3.05) is 11.5 Å². The van der Waals surface area contributed by atoms with Crippen molar-refractivity contribution in [1.29, 1.82) is 0 Å². The minimum atomic E-state index is -1.50. The molecule has 2 aromatic rings. The molecule has 0 bridgehead atoms. The molecule has 1 fully saturated rings. The number of ether oxygens (including phenoxy) is 3. The Hall–Kier alpha value is -2.80. The molecule has 2 amide bonds. The Morgan fingerprint density at radius 1 is 1.05 bits per heavy atom. The van der Waals surface area contributed by atoms with Crippen LogP contribution in [-0.2, 0) is 14.2 Å². The summed E-state index contributed by atoms with van der Waals surface area (Å²) in [5.74, 6) is -1.31. The molecular weight excluding hydrogens is 484 g/mol. The predicted molar refractivity (Wildman–Crippen MR) is 136 cm³/mol. The highest BCUT2D eigenvalue weighted by molar-refractivity contribution is 6.13. The van der Waals surface area contributed by atoms with Crippen molar-refractivity contribution in [3.63, 3.8) is 0 Å². The lowest BCUT2D eigenvalue weighted by Crippen LogP contribution is -2.44. The Morgan fingerprint density at radius 3 is 2.00 bits per heavy atom. The van der Waals surface area contributed by atoms with Crippen LogP contribution in [0.25, 0.3) is 11.0 Å². The van der Waals surface area contributed by atoms with Crippen molar-refractivity contribution >= 4 is 29.0 Å². The summed E-state index contributed by atoms with van der Waals surface area (Å²) in [6, 6.07) is 1.72. The van der Waals surface area contributed by atoms with E-state index in [1.807, 2.05) is 11.5 Å². The van der Waals surface area contributed by atoms with Crippen molar-refractivity contribution < 1.29 is 39.1 Å². The summed E-state index contributed by atoms with van der Waals surface area (Å²) in [6.07, 6.45) is 1.36. The van der Waals surface area contributed by atoms with E-state index in [1.165, 1.54) is 20.2 Å². The maximum absolute atomic E-state index is 13.0. The Bertz CT molecular complexity index is 1050. The molecule has 0 saturated carbocycles. The first-order chi connectivity index (χ1) is 16.8. The number of carbonyl (C=O) groups is 2. The number of rotatable bonds is 3. The molecule has 1 aliphatic rings. The van der Waals surface area contributed by atoms with Crippen LogP contribution in [0.4, 0.5) is 15.4 Å². The molecule has 12 heteroatoms. The van der Waals surface area contributed by atoms with Gasteiger partial charge in [-0.15, -0.1) is 0 Å². The quantitative estimate of drug-likeness (QED) is 0.505. The van der Waals surface area contributed by atoms with Gasteiger partial charge in [-0.3, -0.25) is 0 Å². The number of anilines is 1. The SMILES string of the molecule is CC(C)(O)O.CC1CC(CO)OC1n1ccc2c(N(C(=O)OC(C)(C)C)C(=O)OC(C)(C)C)ncnc21. The molecule has 1 aliphatic heterocycles. The van der Waals surface area contributed by atoms with Gasteiger partial charge in [0.05, 0.1) is 18.1 Å². The number of imide groups is 1. The topological polar surface area (TPSA) is 156 Å². The van der Waals surface area contributed by atoms with Gasteiger partial charge in [-0.25, -0.2) is 19.6 Å². The number of nitrogens with zero attached hydrogens (tertiary/aromatic N) is 4. The molecule has 3 heterocycles. The number of carbonyl (C=O) groups excluding carboxylic acids is 2. The van der Waals surface area contributed by atoms with Crippen LogP contribution in [0.2, 0.25) is 0 Å². The van der Waals surface area contributed by atoms with Crippen LogP contribution < -0.4 is 4.90 Å². The second-order valence-electron chi connectivity index (χ2n) is 11.5. The zero-order valence-corrected chi connectivity index (χ0v) is 23.1. The number of aromatic nitrogens is 3. The first kappa shape index (κ1) is 30.4. The third-order valence-electron chi connectivity index (χ3n) is 4.78. The van der Waals surface area contributed by atoms with E-state index in [2.05, 4.69) is 9.97 Å². The van der Waals surface area contributed by atoms with Gasteiger partial charge in [0.1, 0.15) is 29.4 Å². The lowest BCUT2D eigenvalue weighted by atomic mass is 10.1. The summed E-state index contributed by atoms with van der Waals surface area (Å²) in [5, 5.41) is 26.1. The zero-order valence-electron chi connectivity index (χ0n) is 23.1. The van der Waals surface area contributed by atoms with Crippen LogP contribution in [0.1, 0.15) is 75.0 Å². The maximum Gasteiger partial charge on any atom is 0.425 e. The minimum absolute atomic E-state index is 0.0570. The minimum Gasteiger partial charge on any atom is -0.443 e. The highest BCUT2D eigenvalue weighted by atomic mass is 16.6. The van der Waals surface area contributed by atoms with Crippen LogP contribution in [0, 0.1) is 5.92 Å². The average molecular weight is 525 g/mol. The van der Waals surface area contributed by atoms with Gasteiger partial charge in [0.25, 0.3) is 0 Å². The second kappa shape index (κ2) is 11.3. The molecule has 0 aliphatic carbocycles.